The number of carbonyl (C=O) groups excluding carboxylic acids is 2. The Bertz CT molecular complexity index is 1140. The number of halogens is 1. The van der Waals surface area contributed by atoms with Gasteiger partial charge in [0, 0.05) is 38.3 Å². The van der Waals surface area contributed by atoms with Gasteiger partial charge in [-0.25, -0.2) is 4.79 Å². The minimum atomic E-state index is -0.872. The van der Waals surface area contributed by atoms with Crippen molar-refractivity contribution in [3.63, 3.8) is 0 Å². The highest BCUT2D eigenvalue weighted by molar-refractivity contribution is 6.14. The van der Waals surface area contributed by atoms with Crippen molar-refractivity contribution in [3.05, 3.63) is 53.7 Å². The van der Waals surface area contributed by atoms with E-state index in [-0.39, 0.29) is 24.6 Å². The number of aliphatic hydroxyl groups excluding tert-OH is 1. The van der Waals surface area contributed by atoms with Crippen LogP contribution in [0.5, 0.6) is 17.2 Å². The van der Waals surface area contributed by atoms with Crippen molar-refractivity contribution >= 4 is 36.1 Å². The van der Waals surface area contributed by atoms with Gasteiger partial charge in [-0.05, 0) is 24.3 Å². The van der Waals surface area contributed by atoms with Crippen LogP contribution in [0.2, 0.25) is 0 Å². The van der Waals surface area contributed by atoms with E-state index >= 15 is 0 Å². The van der Waals surface area contributed by atoms with Gasteiger partial charge in [-0.1, -0.05) is 24.3 Å². The molecule has 2 N–H and O–H groups in total. The van der Waals surface area contributed by atoms with Gasteiger partial charge in [0.1, 0.15) is 11.4 Å². The number of hydrogen-bond acceptors (Lipinski definition) is 8. The van der Waals surface area contributed by atoms with E-state index in [9.17, 15) is 14.7 Å². The number of imide groups is 1. The summed E-state index contributed by atoms with van der Waals surface area (Å²) in [6, 6.07) is 12.6. The van der Waals surface area contributed by atoms with Crippen LogP contribution in [0.3, 0.4) is 0 Å². The molecule has 10 nitrogen and oxygen atoms in total. The molecule has 2 aliphatic heterocycles. The summed E-state index contributed by atoms with van der Waals surface area (Å²) in [4.78, 5) is 30.8. The Balaban J connectivity index is 0.00000380. The van der Waals surface area contributed by atoms with Crippen LogP contribution in [-0.4, -0.2) is 93.5 Å². The summed E-state index contributed by atoms with van der Waals surface area (Å²) in [7, 11) is 4.70. The maximum atomic E-state index is 12.9. The molecule has 37 heavy (non-hydrogen) atoms. The molecule has 1 atom stereocenters. The maximum Gasteiger partial charge on any atom is 0.329 e. The molecule has 0 aliphatic carbocycles. The van der Waals surface area contributed by atoms with Crippen molar-refractivity contribution in [2.24, 2.45) is 0 Å². The first-order valence-electron chi connectivity index (χ1n) is 11.8. The molecule has 2 aromatic rings. The van der Waals surface area contributed by atoms with Crippen LogP contribution in [0.1, 0.15) is 5.56 Å². The van der Waals surface area contributed by atoms with E-state index in [0.29, 0.717) is 23.6 Å². The number of para-hydroxylation sites is 3. The molecular weight excluding hydrogens is 500 g/mol. The molecule has 0 bridgehead atoms. The summed E-state index contributed by atoms with van der Waals surface area (Å²) in [5.74, 6) is 1.31. The van der Waals surface area contributed by atoms with Crippen molar-refractivity contribution < 1.29 is 28.9 Å². The van der Waals surface area contributed by atoms with Gasteiger partial charge < -0.3 is 29.5 Å². The van der Waals surface area contributed by atoms with E-state index < -0.39 is 18.0 Å². The summed E-state index contributed by atoms with van der Waals surface area (Å²) in [6.07, 6.45) is 0.675. The number of nitrogens with zero attached hydrogens (tertiary/aromatic N) is 3. The van der Waals surface area contributed by atoms with Crippen molar-refractivity contribution in [2.75, 3.05) is 65.5 Å². The third kappa shape index (κ3) is 6.27. The van der Waals surface area contributed by atoms with E-state index in [0.717, 1.165) is 42.5 Å². The molecule has 0 saturated carbocycles. The molecule has 2 fully saturated rings. The number of β-amino-alcohol motifs (C(OH)–C–C–N with tert-alkyl or cyclic N) is 1. The zero-order chi connectivity index (χ0) is 25.7. The first-order valence-corrected chi connectivity index (χ1v) is 11.8. The fraction of sp³-hybridized carbons (Fsp3) is 0.385. The second kappa shape index (κ2) is 12.7. The normalized spacial score (nSPS) is 17.9. The topological polar surface area (TPSA) is 104 Å². The zero-order valence-corrected chi connectivity index (χ0v) is 22.0. The lowest BCUT2D eigenvalue weighted by molar-refractivity contribution is -0.124. The van der Waals surface area contributed by atoms with E-state index in [2.05, 4.69) is 15.1 Å². The predicted molar refractivity (Wildman–Crippen MR) is 143 cm³/mol. The lowest BCUT2D eigenvalue weighted by Crippen LogP contribution is -2.50. The molecule has 0 radical (unpaired) electrons. The van der Waals surface area contributed by atoms with Crippen LogP contribution < -0.4 is 24.4 Å². The number of nitrogens with one attached hydrogen (secondary N) is 1. The summed E-state index contributed by atoms with van der Waals surface area (Å²) < 4.78 is 16.2. The molecule has 2 saturated heterocycles. The van der Waals surface area contributed by atoms with Crippen molar-refractivity contribution in [3.8, 4) is 17.2 Å². The molecule has 11 heteroatoms. The molecule has 200 valence electrons. The quantitative estimate of drug-likeness (QED) is 0.374. The highest BCUT2D eigenvalue weighted by Gasteiger charge is 2.35. The molecule has 4 rings (SSSR count). The first-order chi connectivity index (χ1) is 17.4. The number of hydrogen-bond donors (Lipinski definition) is 2. The maximum absolute atomic E-state index is 12.9. The van der Waals surface area contributed by atoms with Gasteiger partial charge in [-0.2, -0.15) is 0 Å². The Morgan fingerprint density at radius 3 is 2.27 bits per heavy atom. The summed E-state index contributed by atoms with van der Waals surface area (Å²) in [5.41, 5.74) is 1.76. The van der Waals surface area contributed by atoms with Gasteiger partial charge in [0.25, 0.3) is 5.91 Å². The number of rotatable bonds is 9. The molecule has 3 amide bonds. The summed E-state index contributed by atoms with van der Waals surface area (Å²) >= 11 is 0. The Kier molecular flexibility index (Phi) is 9.62. The highest BCUT2D eigenvalue weighted by atomic mass is 35.5. The zero-order valence-electron chi connectivity index (χ0n) is 21.2. The minimum absolute atomic E-state index is 0. The molecule has 0 aromatic heterocycles. The second-order valence-corrected chi connectivity index (χ2v) is 8.60. The lowest BCUT2D eigenvalue weighted by atomic mass is 10.1. The number of urea groups is 1. The Morgan fingerprint density at radius 1 is 0.919 bits per heavy atom. The molecular formula is C26H33ClN4O6. The minimum Gasteiger partial charge on any atom is -0.495 e. The number of ether oxygens (including phenoxy) is 3. The van der Waals surface area contributed by atoms with Crippen LogP contribution in [0.15, 0.2) is 48.2 Å². The van der Waals surface area contributed by atoms with Crippen LogP contribution in [0.4, 0.5) is 10.5 Å². The third-order valence-electron chi connectivity index (χ3n) is 6.36. The predicted octanol–water partition coefficient (Wildman–Crippen LogP) is 2.21. The molecule has 2 aliphatic rings. The van der Waals surface area contributed by atoms with Gasteiger partial charge >= 0.3 is 6.03 Å². The van der Waals surface area contributed by atoms with Gasteiger partial charge in [-0.3, -0.25) is 14.6 Å². The molecule has 2 aromatic carbocycles. The number of methoxy groups -OCH3 is 3. The standard InChI is InChI=1S/C26H32N4O6.ClH/c1-34-22-9-5-4-8-21(22)29-13-11-28(12-14-29)16-19(31)17-30-25(32)20(27-26(30)33)15-18-7-6-10-23(35-2)24(18)36-3;/h4-10,15,19,31H,11-14,16-17H2,1-3H3,(H,27,33);1H/b20-15-;. The second-order valence-electron chi connectivity index (χ2n) is 8.60. The number of amides is 3. The fourth-order valence-corrected chi connectivity index (χ4v) is 4.55. The molecule has 1 unspecified atom stereocenters. The SMILES string of the molecule is COc1ccccc1N1CCN(CC(O)CN2C(=O)N/C(=C\c3cccc(OC)c3OC)C2=O)CC1.Cl. The van der Waals surface area contributed by atoms with Gasteiger partial charge in [-0.15, -0.1) is 12.4 Å². The van der Waals surface area contributed by atoms with Gasteiger partial charge in [0.15, 0.2) is 11.5 Å². The summed E-state index contributed by atoms with van der Waals surface area (Å²) in [5, 5.41) is 13.3. The Morgan fingerprint density at radius 2 is 1.59 bits per heavy atom. The van der Waals surface area contributed by atoms with E-state index in [1.54, 1.807) is 31.4 Å². The average molecular weight is 533 g/mol. The number of aliphatic hydroxyl groups is 1. The number of piperazine rings is 1. The van der Waals surface area contributed by atoms with Crippen LogP contribution in [0.25, 0.3) is 6.08 Å². The molecule has 0 spiro atoms. The van der Waals surface area contributed by atoms with Gasteiger partial charge in [0.05, 0.1) is 39.7 Å². The van der Waals surface area contributed by atoms with Crippen LogP contribution in [-0.2, 0) is 4.79 Å². The van der Waals surface area contributed by atoms with E-state index in [4.69, 9.17) is 14.2 Å². The molecule has 2 heterocycles. The average Bonchev–Trinajstić information content (AvgIpc) is 3.16. The first kappa shape index (κ1) is 28.1. The fourth-order valence-electron chi connectivity index (χ4n) is 4.55. The largest absolute Gasteiger partial charge is 0.495 e. The summed E-state index contributed by atoms with van der Waals surface area (Å²) in [6.45, 7) is 3.33. The number of carbonyl (C=O) groups is 2. The van der Waals surface area contributed by atoms with Crippen molar-refractivity contribution in [1.82, 2.24) is 15.1 Å². The van der Waals surface area contributed by atoms with Crippen molar-refractivity contribution in [1.29, 1.82) is 0 Å². The van der Waals surface area contributed by atoms with Crippen molar-refractivity contribution in [2.45, 2.75) is 6.10 Å². The lowest BCUT2D eigenvalue weighted by Gasteiger charge is -2.37. The van der Waals surface area contributed by atoms with E-state index in [1.165, 1.54) is 14.2 Å². The Labute approximate surface area is 222 Å². The van der Waals surface area contributed by atoms with Gasteiger partial charge in [0.2, 0.25) is 0 Å². The highest BCUT2D eigenvalue weighted by Crippen LogP contribution is 2.32. The number of benzene rings is 2. The van der Waals surface area contributed by atoms with E-state index in [1.807, 2.05) is 24.3 Å². The third-order valence-corrected chi connectivity index (χ3v) is 6.36. The Hall–Kier alpha value is -3.47. The number of anilines is 1. The van der Waals surface area contributed by atoms with Crippen LogP contribution in [0, 0.1) is 0 Å². The monoisotopic (exact) mass is 532 g/mol. The smallest absolute Gasteiger partial charge is 0.329 e. The van der Waals surface area contributed by atoms with Crippen LogP contribution >= 0.6 is 12.4 Å².